The van der Waals surface area contributed by atoms with Crippen molar-refractivity contribution >= 4 is 12.0 Å². The molecule has 28 heavy (non-hydrogen) atoms. The third-order valence-electron chi connectivity index (χ3n) is 5.44. The topological polar surface area (TPSA) is 73.9 Å². The van der Waals surface area contributed by atoms with E-state index in [0.29, 0.717) is 24.4 Å². The number of benzene rings is 1. The summed E-state index contributed by atoms with van der Waals surface area (Å²) in [6, 6.07) is 7.00. The van der Waals surface area contributed by atoms with Crippen LogP contribution in [0.4, 0.5) is 4.79 Å². The van der Waals surface area contributed by atoms with E-state index in [0.717, 1.165) is 43.9 Å². The molecule has 3 rings (SSSR count). The number of ether oxygens (including phenoxy) is 1. The smallest absolute Gasteiger partial charge is 0.338 e. The fraction of sp³-hybridized carbons (Fsp3) is 0.524. The van der Waals surface area contributed by atoms with Crippen molar-refractivity contribution in [3.63, 3.8) is 0 Å². The molecule has 7 heteroatoms. The first-order valence-corrected chi connectivity index (χ1v) is 10.0. The van der Waals surface area contributed by atoms with Crippen LogP contribution in [0.15, 0.2) is 35.5 Å². The van der Waals surface area contributed by atoms with E-state index in [-0.39, 0.29) is 12.0 Å². The number of hydrogen-bond donors (Lipinski definition) is 2. The van der Waals surface area contributed by atoms with Gasteiger partial charge in [-0.2, -0.15) is 0 Å². The lowest BCUT2D eigenvalue weighted by molar-refractivity contribution is -0.139. The van der Waals surface area contributed by atoms with Gasteiger partial charge in [-0.1, -0.05) is 31.2 Å². The van der Waals surface area contributed by atoms with Crippen molar-refractivity contribution in [2.75, 3.05) is 45.9 Å². The zero-order valence-electron chi connectivity index (χ0n) is 17.0. The second-order valence-electron chi connectivity index (χ2n) is 7.21. The van der Waals surface area contributed by atoms with Crippen molar-refractivity contribution in [2.45, 2.75) is 26.8 Å². The van der Waals surface area contributed by atoms with Crippen LogP contribution in [-0.2, 0) is 9.53 Å². The minimum Gasteiger partial charge on any atom is -0.463 e. The second-order valence-corrected chi connectivity index (χ2v) is 7.21. The molecule has 1 saturated heterocycles. The molecule has 1 aromatic carbocycles. The van der Waals surface area contributed by atoms with Gasteiger partial charge in [0.05, 0.1) is 18.2 Å². The Morgan fingerprint density at radius 1 is 1.14 bits per heavy atom. The molecule has 7 nitrogen and oxygen atoms in total. The first kappa shape index (κ1) is 20.4. The molecule has 0 saturated carbocycles. The van der Waals surface area contributed by atoms with E-state index >= 15 is 0 Å². The number of amides is 2. The molecular formula is C21H30N4O3. The first-order chi connectivity index (χ1) is 13.5. The Bertz CT molecular complexity index is 754. The summed E-state index contributed by atoms with van der Waals surface area (Å²) in [7, 11) is 0. The Hall–Kier alpha value is -2.38. The summed E-state index contributed by atoms with van der Waals surface area (Å²) in [5, 5.41) is 5.78. The summed E-state index contributed by atoms with van der Waals surface area (Å²) in [5.74, 6) is -0.384. The van der Waals surface area contributed by atoms with Crippen molar-refractivity contribution < 1.29 is 14.3 Å². The average molecular weight is 386 g/mol. The van der Waals surface area contributed by atoms with E-state index < -0.39 is 6.04 Å². The summed E-state index contributed by atoms with van der Waals surface area (Å²) in [6.07, 6.45) is 0. The number of urea groups is 1. The van der Waals surface area contributed by atoms with Gasteiger partial charge in [0, 0.05) is 38.4 Å². The van der Waals surface area contributed by atoms with Crippen LogP contribution in [0.1, 0.15) is 31.0 Å². The van der Waals surface area contributed by atoms with Gasteiger partial charge in [0.15, 0.2) is 0 Å². The number of aryl methyl sites for hydroxylation is 1. The number of piperazine rings is 1. The van der Waals surface area contributed by atoms with E-state index in [2.05, 4.69) is 27.4 Å². The Morgan fingerprint density at radius 2 is 1.82 bits per heavy atom. The molecule has 0 spiro atoms. The lowest BCUT2D eigenvalue weighted by atomic mass is 9.92. The molecule has 1 atom stereocenters. The van der Waals surface area contributed by atoms with Crippen LogP contribution < -0.4 is 10.6 Å². The number of carbonyl (C=O) groups excluding carboxylic acids is 2. The Kier molecular flexibility index (Phi) is 6.70. The lowest BCUT2D eigenvalue weighted by Gasteiger charge is -2.36. The molecule has 2 aliphatic heterocycles. The molecule has 1 aromatic rings. The van der Waals surface area contributed by atoms with Gasteiger partial charge >= 0.3 is 12.0 Å². The molecule has 2 heterocycles. The molecule has 0 aliphatic carbocycles. The monoisotopic (exact) mass is 386 g/mol. The molecule has 0 radical (unpaired) electrons. The van der Waals surface area contributed by atoms with Crippen LogP contribution in [-0.4, -0.2) is 67.7 Å². The highest BCUT2D eigenvalue weighted by molar-refractivity contribution is 5.95. The van der Waals surface area contributed by atoms with Crippen molar-refractivity contribution in [1.29, 1.82) is 0 Å². The van der Waals surface area contributed by atoms with Crippen molar-refractivity contribution in [3.8, 4) is 0 Å². The molecule has 152 valence electrons. The fourth-order valence-electron chi connectivity index (χ4n) is 3.82. The zero-order chi connectivity index (χ0) is 20.1. The Labute approximate surface area is 166 Å². The summed E-state index contributed by atoms with van der Waals surface area (Å²) >= 11 is 0. The third kappa shape index (κ3) is 4.54. The van der Waals surface area contributed by atoms with Gasteiger partial charge in [-0.3, -0.25) is 4.90 Å². The van der Waals surface area contributed by atoms with Crippen molar-refractivity contribution in [1.82, 2.24) is 20.4 Å². The van der Waals surface area contributed by atoms with Crippen LogP contribution in [0.25, 0.3) is 0 Å². The highest BCUT2D eigenvalue weighted by atomic mass is 16.5. The minimum atomic E-state index is -0.513. The van der Waals surface area contributed by atoms with Gasteiger partial charge in [-0.05, 0) is 31.5 Å². The number of nitrogens with one attached hydrogen (secondary N) is 2. The predicted molar refractivity (Wildman–Crippen MR) is 108 cm³/mol. The third-order valence-corrected chi connectivity index (χ3v) is 5.44. The first-order valence-electron chi connectivity index (χ1n) is 10.0. The number of rotatable bonds is 6. The SMILES string of the molecule is CCOC(=O)C1=C(CN2CCN(CC)CC2)NC(=O)N[C@H]1c1ccccc1C. The summed E-state index contributed by atoms with van der Waals surface area (Å²) < 4.78 is 5.35. The number of hydrogen-bond acceptors (Lipinski definition) is 5. The van der Waals surface area contributed by atoms with E-state index in [1.54, 1.807) is 6.92 Å². The maximum absolute atomic E-state index is 12.9. The molecule has 0 aromatic heterocycles. The Balaban J connectivity index is 1.93. The van der Waals surface area contributed by atoms with E-state index in [1.807, 2.05) is 31.2 Å². The molecule has 0 bridgehead atoms. The highest BCUT2D eigenvalue weighted by Crippen LogP contribution is 2.30. The molecule has 2 N–H and O–H groups in total. The van der Waals surface area contributed by atoms with Gasteiger partial charge in [-0.15, -0.1) is 0 Å². The van der Waals surface area contributed by atoms with Gasteiger partial charge in [-0.25, -0.2) is 9.59 Å². The maximum atomic E-state index is 12.9. The number of carbonyl (C=O) groups is 2. The van der Waals surface area contributed by atoms with E-state index in [4.69, 9.17) is 4.74 Å². The molecule has 2 aliphatic rings. The molecule has 0 unspecified atom stereocenters. The van der Waals surface area contributed by atoms with Crippen LogP contribution in [0.2, 0.25) is 0 Å². The van der Waals surface area contributed by atoms with Crippen LogP contribution in [0, 0.1) is 6.92 Å². The average Bonchev–Trinajstić information content (AvgIpc) is 2.68. The van der Waals surface area contributed by atoms with Gasteiger partial charge in [0.2, 0.25) is 0 Å². The van der Waals surface area contributed by atoms with Crippen LogP contribution in [0.5, 0.6) is 0 Å². The number of esters is 1. The summed E-state index contributed by atoms with van der Waals surface area (Å²) in [5.41, 5.74) is 3.06. The van der Waals surface area contributed by atoms with Gasteiger partial charge in [0.1, 0.15) is 0 Å². The fourth-order valence-corrected chi connectivity index (χ4v) is 3.82. The summed E-state index contributed by atoms with van der Waals surface area (Å²) in [6.45, 7) is 11.6. The zero-order valence-corrected chi connectivity index (χ0v) is 17.0. The number of nitrogens with zero attached hydrogens (tertiary/aromatic N) is 2. The standard InChI is InChI=1S/C21H30N4O3/c1-4-24-10-12-25(13-11-24)14-17-18(20(26)28-5-2)19(23-21(27)22-17)16-9-7-6-8-15(16)3/h6-9,19H,4-5,10-14H2,1-3H3,(H2,22,23,27)/t19-/m0/s1. The molecular weight excluding hydrogens is 356 g/mol. The number of likely N-dealkylation sites (N-methyl/N-ethyl adjacent to an activating group) is 1. The molecule has 1 fully saturated rings. The Morgan fingerprint density at radius 3 is 2.46 bits per heavy atom. The van der Waals surface area contributed by atoms with Crippen LogP contribution >= 0.6 is 0 Å². The summed E-state index contributed by atoms with van der Waals surface area (Å²) in [4.78, 5) is 29.9. The molecule has 2 amide bonds. The van der Waals surface area contributed by atoms with Gasteiger partial charge < -0.3 is 20.3 Å². The highest BCUT2D eigenvalue weighted by Gasteiger charge is 2.35. The normalized spacial score (nSPS) is 21.2. The van der Waals surface area contributed by atoms with Crippen molar-refractivity contribution in [3.05, 3.63) is 46.7 Å². The van der Waals surface area contributed by atoms with E-state index in [1.165, 1.54) is 0 Å². The quantitative estimate of drug-likeness (QED) is 0.730. The maximum Gasteiger partial charge on any atom is 0.338 e. The largest absolute Gasteiger partial charge is 0.463 e. The van der Waals surface area contributed by atoms with Crippen molar-refractivity contribution in [2.24, 2.45) is 0 Å². The second kappa shape index (κ2) is 9.21. The van der Waals surface area contributed by atoms with E-state index in [9.17, 15) is 9.59 Å². The minimum absolute atomic E-state index is 0.288. The lowest BCUT2D eigenvalue weighted by Crippen LogP contribution is -2.51. The van der Waals surface area contributed by atoms with Crippen LogP contribution in [0.3, 0.4) is 0 Å². The van der Waals surface area contributed by atoms with Gasteiger partial charge in [0.25, 0.3) is 0 Å². The predicted octanol–water partition coefficient (Wildman–Crippen LogP) is 1.80.